The number of carbonyl (C=O) groups excluding carboxylic acids is 3. The molecule has 10 nitrogen and oxygen atoms in total. The molecule has 0 spiro atoms. The van der Waals surface area contributed by atoms with Crippen molar-refractivity contribution < 1.29 is 34.3 Å². The number of non-ortho nitro benzene ring substituents is 1. The van der Waals surface area contributed by atoms with Crippen molar-refractivity contribution >= 4 is 46.7 Å². The molecule has 1 rings (SSSR count). The SMILES string of the molecule is O=C([O-])CCC(=O)OCC(NC(=O)C(Cl)Cl)C(O)c1ccc([N+](=O)[O-])cc1. The molecule has 0 aliphatic carbocycles. The lowest BCUT2D eigenvalue weighted by Crippen LogP contribution is -2.45. The van der Waals surface area contributed by atoms with E-state index < -0.39 is 59.2 Å². The second-order valence-corrected chi connectivity index (χ2v) is 6.36. The van der Waals surface area contributed by atoms with Crippen LogP contribution in [0.4, 0.5) is 5.69 Å². The summed E-state index contributed by atoms with van der Waals surface area (Å²) in [5.74, 6) is -3.19. The Morgan fingerprint density at radius 2 is 1.78 bits per heavy atom. The van der Waals surface area contributed by atoms with Gasteiger partial charge in [-0.3, -0.25) is 19.7 Å². The fourth-order valence-electron chi connectivity index (χ4n) is 1.94. The Bertz CT molecular complexity index is 696. The van der Waals surface area contributed by atoms with Crippen molar-refractivity contribution in [3.63, 3.8) is 0 Å². The van der Waals surface area contributed by atoms with E-state index in [1.807, 2.05) is 0 Å². The van der Waals surface area contributed by atoms with E-state index in [1.165, 1.54) is 12.1 Å². The minimum Gasteiger partial charge on any atom is -0.550 e. The number of carbonyl (C=O) groups is 3. The number of nitrogens with zero attached hydrogens (tertiary/aromatic N) is 1. The predicted octanol–water partition coefficient (Wildman–Crippen LogP) is -0.01000. The van der Waals surface area contributed by atoms with Crippen molar-refractivity contribution in [2.24, 2.45) is 0 Å². The van der Waals surface area contributed by atoms with Crippen LogP contribution in [0.25, 0.3) is 0 Å². The predicted molar refractivity (Wildman–Crippen MR) is 90.7 cm³/mol. The fraction of sp³-hybridized carbons (Fsp3) is 0.400. The molecule has 0 bridgehead atoms. The molecule has 0 saturated heterocycles. The molecule has 0 aromatic heterocycles. The van der Waals surface area contributed by atoms with E-state index in [9.17, 15) is 34.7 Å². The van der Waals surface area contributed by atoms with Crippen LogP contribution in [0.15, 0.2) is 24.3 Å². The average Bonchev–Trinajstić information content (AvgIpc) is 2.62. The molecule has 0 saturated carbocycles. The third kappa shape index (κ3) is 7.77. The number of halogens is 2. The van der Waals surface area contributed by atoms with Crippen molar-refractivity contribution in [1.82, 2.24) is 5.32 Å². The minimum atomic E-state index is -1.45. The monoisotopic (exact) mass is 421 g/mol. The normalized spacial score (nSPS) is 12.9. The maximum atomic E-state index is 11.7. The van der Waals surface area contributed by atoms with Crippen molar-refractivity contribution in [3.8, 4) is 0 Å². The Kier molecular flexibility index (Phi) is 8.92. The number of esters is 1. The zero-order valence-electron chi connectivity index (χ0n) is 13.7. The number of rotatable bonds is 10. The highest BCUT2D eigenvalue weighted by molar-refractivity contribution is 6.53. The number of aliphatic hydroxyl groups excluding tert-OH is 1. The Morgan fingerprint density at radius 3 is 2.26 bits per heavy atom. The molecule has 1 amide bonds. The third-order valence-electron chi connectivity index (χ3n) is 3.31. The topological polar surface area (TPSA) is 159 Å². The summed E-state index contributed by atoms with van der Waals surface area (Å²) >= 11 is 10.9. The van der Waals surface area contributed by atoms with Gasteiger partial charge in [0.2, 0.25) is 0 Å². The van der Waals surface area contributed by atoms with Gasteiger partial charge in [0.05, 0.1) is 17.4 Å². The number of ether oxygens (including phenoxy) is 1. The second-order valence-electron chi connectivity index (χ2n) is 5.26. The summed E-state index contributed by atoms with van der Waals surface area (Å²) in [6.45, 7) is -0.518. The molecule has 148 valence electrons. The second kappa shape index (κ2) is 10.7. The van der Waals surface area contributed by atoms with E-state index in [0.717, 1.165) is 12.1 Å². The highest BCUT2D eigenvalue weighted by Crippen LogP contribution is 2.21. The summed E-state index contributed by atoms with van der Waals surface area (Å²) in [6, 6.07) is 3.63. The van der Waals surface area contributed by atoms with E-state index in [4.69, 9.17) is 27.9 Å². The first-order valence-electron chi connectivity index (χ1n) is 7.48. The first-order valence-corrected chi connectivity index (χ1v) is 8.35. The number of aliphatic hydroxyl groups is 1. The van der Waals surface area contributed by atoms with Crippen LogP contribution in [0, 0.1) is 10.1 Å². The van der Waals surface area contributed by atoms with Gasteiger partial charge in [0.15, 0.2) is 4.84 Å². The quantitative estimate of drug-likeness (QED) is 0.231. The first-order chi connectivity index (χ1) is 12.6. The molecule has 2 unspecified atom stereocenters. The lowest BCUT2D eigenvalue weighted by Gasteiger charge is -2.24. The molecule has 0 fully saturated rings. The molecule has 2 atom stereocenters. The number of hydrogen-bond donors (Lipinski definition) is 2. The standard InChI is InChI=1S/C15H16Cl2N2O8/c16-14(17)15(24)18-10(7-27-12(22)6-5-11(20)21)13(23)8-1-3-9(4-2-8)19(25)26/h1-4,10,13-14,23H,5-7H2,(H,18,24)(H,20,21)/p-1. The van der Waals surface area contributed by atoms with Crippen LogP contribution >= 0.6 is 23.2 Å². The number of benzene rings is 1. The first kappa shape index (κ1) is 22.6. The number of carboxylic acid groups (broad SMARTS) is 1. The Morgan fingerprint density at radius 1 is 1.19 bits per heavy atom. The van der Waals surface area contributed by atoms with Crippen LogP contribution < -0.4 is 10.4 Å². The zero-order chi connectivity index (χ0) is 20.6. The Balaban J connectivity index is 2.85. The van der Waals surface area contributed by atoms with Gasteiger partial charge < -0.3 is 25.1 Å². The zero-order valence-corrected chi connectivity index (χ0v) is 15.2. The van der Waals surface area contributed by atoms with Crippen LogP contribution in [0.1, 0.15) is 24.5 Å². The maximum Gasteiger partial charge on any atom is 0.306 e. The molecule has 2 N–H and O–H groups in total. The molecule has 0 heterocycles. The van der Waals surface area contributed by atoms with Crippen molar-refractivity contribution in [2.75, 3.05) is 6.61 Å². The molecule has 1 aromatic carbocycles. The van der Waals surface area contributed by atoms with Gasteiger partial charge in [0, 0.05) is 18.1 Å². The highest BCUT2D eigenvalue weighted by atomic mass is 35.5. The molecular formula is C15H15Cl2N2O8-. The molecule has 12 heteroatoms. The van der Waals surface area contributed by atoms with Crippen LogP contribution in [-0.4, -0.2) is 45.4 Å². The third-order valence-corrected chi connectivity index (χ3v) is 3.71. The summed E-state index contributed by atoms with van der Waals surface area (Å²) in [5.41, 5.74) is -0.0146. The Hall–Kier alpha value is -2.43. The van der Waals surface area contributed by atoms with Crippen LogP contribution in [0.2, 0.25) is 0 Å². The number of nitro benzene ring substituents is 1. The van der Waals surface area contributed by atoms with Crippen LogP contribution in [-0.2, 0) is 19.1 Å². The van der Waals surface area contributed by atoms with Gasteiger partial charge >= 0.3 is 5.97 Å². The summed E-state index contributed by atoms with van der Waals surface area (Å²) in [5, 5.41) is 33.7. The maximum absolute atomic E-state index is 11.7. The number of amides is 1. The lowest BCUT2D eigenvalue weighted by molar-refractivity contribution is -0.384. The molecule has 0 radical (unpaired) electrons. The number of alkyl halides is 2. The molecule has 1 aromatic rings. The molecule has 27 heavy (non-hydrogen) atoms. The highest BCUT2D eigenvalue weighted by Gasteiger charge is 2.27. The summed E-state index contributed by atoms with van der Waals surface area (Å²) in [6.07, 6.45) is -2.42. The van der Waals surface area contributed by atoms with E-state index >= 15 is 0 Å². The van der Waals surface area contributed by atoms with E-state index in [1.54, 1.807) is 0 Å². The van der Waals surface area contributed by atoms with Crippen molar-refractivity contribution in [2.45, 2.75) is 29.8 Å². The summed E-state index contributed by atoms with van der Waals surface area (Å²) in [7, 11) is 0. The van der Waals surface area contributed by atoms with E-state index in [0.29, 0.717) is 0 Å². The summed E-state index contributed by atoms with van der Waals surface area (Å²) in [4.78, 5) is 42.1. The van der Waals surface area contributed by atoms with Gasteiger partial charge in [-0.2, -0.15) is 0 Å². The molecule has 0 aliphatic heterocycles. The number of nitrogens with one attached hydrogen (secondary N) is 1. The van der Waals surface area contributed by atoms with Crippen molar-refractivity contribution in [3.05, 3.63) is 39.9 Å². The number of aliphatic carboxylic acids is 1. The van der Waals surface area contributed by atoms with Gasteiger partial charge in [0.25, 0.3) is 11.6 Å². The van der Waals surface area contributed by atoms with Gasteiger partial charge in [-0.05, 0) is 24.1 Å². The lowest BCUT2D eigenvalue weighted by atomic mass is 10.0. The number of hydrogen-bond acceptors (Lipinski definition) is 8. The van der Waals surface area contributed by atoms with Crippen LogP contribution in [0.5, 0.6) is 0 Å². The van der Waals surface area contributed by atoms with E-state index in [-0.39, 0.29) is 11.3 Å². The number of carboxylic acids is 1. The van der Waals surface area contributed by atoms with Gasteiger partial charge in [-0.15, -0.1) is 0 Å². The minimum absolute atomic E-state index is 0.192. The number of nitro groups is 1. The summed E-state index contributed by atoms with van der Waals surface area (Å²) < 4.78 is 4.84. The molecular weight excluding hydrogens is 407 g/mol. The fourth-order valence-corrected chi connectivity index (χ4v) is 2.07. The van der Waals surface area contributed by atoms with Gasteiger partial charge in [-0.1, -0.05) is 23.2 Å². The van der Waals surface area contributed by atoms with Crippen molar-refractivity contribution in [1.29, 1.82) is 0 Å². The van der Waals surface area contributed by atoms with E-state index in [2.05, 4.69) is 5.32 Å². The Labute approximate surface area is 163 Å². The van der Waals surface area contributed by atoms with Gasteiger partial charge in [0.1, 0.15) is 12.7 Å². The smallest absolute Gasteiger partial charge is 0.306 e. The van der Waals surface area contributed by atoms with Crippen LogP contribution in [0.3, 0.4) is 0 Å². The van der Waals surface area contributed by atoms with Gasteiger partial charge in [-0.25, -0.2) is 0 Å². The largest absolute Gasteiger partial charge is 0.550 e. The molecule has 0 aliphatic rings. The average molecular weight is 422 g/mol.